The zero-order valence-electron chi connectivity index (χ0n) is 8.91. The molecule has 0 spiro atoms. The highest BCUT2D eigenvalue weighted by molar-refractivity contribution is 5.67. The molecule has 0 aliphatic rings. The van der Waals surface area contributed by atoms with Gasteiger partial charge in [0.2, 0.25) is 0 Å². The molecule has 78 valence electrons. The fourth-order valence-corrected chi connectivity index (χ4v) is 1.41. The maximum absolute atomic E-state index is 10.3. The minimum atomic E-state index is -0.802. The SMILES string of the molecule is CC(C)CC(C)OC(C)CC(=O)O. The molecule has 2 unspecified atom stereocenters. The Kier molecular flexibility index (Phi) is 5.71. The van der Waals surface area contributed by atoms with E-state index in [9.17, 15) is 4.79 Å². The second-order valence-corrected chi connectivity index (χ2v) is 3.98. The number of carbonyl (C=O) groups is 1. The van der Waals surface area contributed by atoms with E-state index in [0.717, 1.165) is 6.42 Å². The monoisotopic (exact) mass is 188 g/mol. The van der Waals surface area contributed by atoms with Gasteiger partial charge < -0.3 is 9.84 Å². The lowest BCUT2D eigenvalue weighted by Crippen LogP contribution is -2.21. The van der Waals surface area contributed by atoms with Crippen LogP contribution in [0.3, 0.4) is 0 Å². The fraction of sp³-hybridized carbons (Fsp3) is 0.900. The maximum atomic E-state index is 10.3. The van der Waals surface area contributed by atoms with Gasteiger partial charge in [-0.25, -0.2) is 0 Å². The molecule has 2 atom stereocenters. The number of aliphatic carboxylic acids is 1. The molecule has 0 aromatic rings. The molecule has 0 heterocycles. The van der Waals surface area contributed by atoms with Crippen LogP contribution in [0.25, 0.3) is 0 Å². The Morgan fingerprint density at radius 3 is 2.15 bits per heavy atom. The molecule has 0 amide bonds. The number of hydrogen-bond donors (Lipinski definition) is 1. The van der Waals surface area contributed by atoms with Crippen molar-refractivity contribution in [3.05, 3.63) is 0 Å². The third-order valence-electron chi connectivity index (χ3n) is 1.73. The molecule has 0 rings (SSSR count). The van der Waals surface area contributed by atoms with E-state index in [4.69, 9.17) is 9.84 Å². The third-order valence-corrected chi connectivity index (χ3v) is 1.73. The third kappa shape index (κ3) is 7.78. The van der Waals surface area contributed by atoms with Crippen LogP contribution in [-0.4, -0.2) is 23.3 Å². The maximum Gasteiger partial charge on any atom is 0.305 e. The van der Waals surface area contributed by atoms with Crippen LogP contribution in [0.2, 0.25) is 0 Å². The first-order chi connectivity index (χ1) is 5.91. The first-order valence-electron chi connectivity index (χ1n) is 4.79. The molecule has 0 fully saturated rings. The van der Waals surface area contributed by atoms with Crippen LogP contribution in [0.1, 0.15) is 40.5 Å². The molecule has 0 radical (unpaired) electrons. The zero-order chi connectivity index (χ0) is 10.4. The van der Waals surface area contributed by atoms with Gasteiger partial charge in [-0.2, -0.15) is 0 Å². The molecule has 0 aromatic heterocycles. The van der Waals surface area contributed by atoms with Crippen molar-refractivity contribution in [3.63, 3.8) is 0 Å². The molecule has 0 saturated heterocycles. The fourth-order valence-electron chi connectivity index (χ4n) is 1.41. The lowest BCUT2D eigenvalue weighted by Gasteiger charge is -2.19. The summed E-state index contributed by atoms with van der Waals surface area (Å²) in [5.74, 6) is -0.212. The Bertz CT molecular complexity index is 154. The highest BCUT2D eigenvalue weighted by Gasteiger charge is 2.12. The zero-order valence-corrected chi connectivity index (χ0v) is 8.91. The highest BCUT2D eigenvalue weighted by Crippen LogP contribution is 2.11. The van der Waals surface area contributed by atoms with Gasteiger partial charge in [-0.05, 0) is 26.2 Å². The smallest absolute Gasteiger partial charge is 0.305 e. The Hall–Kier alpha value is -0.570. The minimum Gasteiger partial charge on any atom is -0.481 e. The van der Waals surface area contributed by atoms with Gasteiger partial charge in [-0.3, -0.25) is 4.79 Å². The summed E-state index contributed by atoms with van der Waals surface area (Å²) in [6, 6.07) is 0. The van der Waals surface area contributed by atoms with E-state index in [2.05, 4.69) is 13.8 Å². The van der Waals surface area contributed by atoms with Gasteiger partial charge in [-0.15, -0.1) is 0 Å². The summed E-state index contributed by atoms with van der Waals surface area (Å²) in [6.07, 6.45) is 1.02. The average molecular weight is 188 g/mol. The summed E-state index contributed by atoms with van der Waals surface area (Å²) in [5.41, 5.74) is 0. The molecule has 13 heavy (non-hydrogen) atoms. The molecular weight excluding hydrogens is 168 g/mol. The Morgan fingerprint density at radius 2 is 1.77 bits per heavy atom. The van der Waals surface area contributed by atoms with Gasteiger partial charge in [0.15, 0.2) is 0 Å². The van der Waals surface area contributed by atoms with Gasteiger partial charge >= 0.3 is 5.97 Å². The van der Waals surface area contributed by atoms with E-state index in [-0.39, 0.29) is 18.6 Å². The summed E-state index contributed by atoms with van der Waals surface area (Å²) < 4.78 is 5.49. The normalized spacial score (nSPS) is 15.8. The van der Waals surface area contributed by atoms with Crippen molar-refractivity contribution in [1.82, 2.24) is 0 Å². The van der Waals surface area contributed by atoms with Gasteiger partial charge in [0.25, 0.3) is 0 Å². The lowest BCUT2D eigenvalue weighted by molar-refractivity contribution is -0.140. The first kappa shape index (κ1) is 12.4. The van der Waals surface area contributed by atoms with Crippen molar-refractivity contribution in [2.24, 2.45) is 5.92 Å². The van der Waals surface area contributed by atoms with E-state index in [1.807, 2.05) is 6.92 Å². The molecule has 1 N–H and O–H groups in total. The lowest BCUT2D eigenvalue weighted by atomic mass is 10.1. The molecule has 3 heteroatoms. The van der Waals surface area contributed by atoms with Crippen LogP contribution in [0.4, 0.5) is 0 Å². The molecule has 3 nitrogen and oxygen atoms in total. The first-order valence-corrected chi connectivity index (χ1v) is 4.79. The van der Waals surface area contributed by atoms with E-state index in [0.29, 0.717) is 5.92 Å². The summed E-state index contributed by atoms with van der Waals surface area (Å²) in [7, 11) is 0. The minimum absolute atomic E-state index is 0.0857. The average Bonchev–Trinajstić information content (AvgIpc) is 1.80. The van der Waals surface area contributed by atoms with E-state index < -0.39 is 5.97 Å². The van der Waals surface area contributed by atoms with Crippen molar-refractivity contribution in [2.75, 3.05) is 0 Å². The standard InChI is InChI=1S/C10H20O3/c1-7(2)5-8(3)13-9(4)6-10(11)12/h7-9H,5-6H2,1-4H3,(H,11,12). The van der Waals surface area contributed by atoms with Crippen LogP contribution in [0.15, 0.2) is 0 Å². The van der Waals surface area contributed by atoms with Gasteiger partial charge in [0.1, 0.15) is 0 Å². The quantitative estimate of drug-likeness (QED) is 0.695. The van der Waals surface area contributed by atoms with Crippen molar-refractivity contribution in [3.8, 4) is 0 Å². The number of ether oxygens (including phenoxy) is 1. The predicted octanol–water partition coefficient (Wildman–Crippen LogP) is 2.30. The Balaban J connectivity index is 3.64. The van der Waals surface area contributed by atoms with Crippen LogP contribution in [0, 0.1) is 5.92 Å². The molecular formula is C10H20O3. The number of carboxylic acid groups (broad SMARTS) is 1. The number of carboxylic acids is 1. The second-order valence-electron chi connectivity index (χ2n) is 3.98. The van der Waals surface area contributed by atoms with Crippen LogP contribution in [0.5, 0.6) is 0 Å². The summed E-state index contributed by atoms with van der Waals surface area (Å²) >= 11 is 0. The van der Waals surface area contributed by atoms with Gasteiger partial charge in [-0.1, -0.05) is 13.8 Å². The van der Waals surface area contributed by atoms with Crippen molar-refractivity contribution >= 4 is 5.97 Å². The molecule has 0 saturated carbocycles. The van der Waals surface area contributed by atoms with Gasteiger partial charge in [0, 0.05) is 0 Å². The van der Waals surface area contributed by atoms with Crippen molar-refractivity contribution in [1.29, 1.82) is 0 Å². The van der Waals surface area contributed by atoms with Crippen LogP contribution < -0.4 is 0 Å². The molecule has 0 bridgehead atoms. The molecule has 0 aliphatic heterocycles. The predicted molar refractivity (Wildman–Crippen MR) is 51.7 cm³/mol. The summed E-state index contributed by atoms with van der Waals surface area (Å²) in [4.78, 5) is 10.3. The van der Waals surface area contributed by atoms with Crippen LogP contribution >= 0.6 is 0 Å². The van der Waals surface area contributed by atoms with Crippen LogP contribution in [-0.2, 0) is 9.53 Å². The van der Waals surface area contributed by atoms with E-state index in [1.165, 1.54) is 0 Å². The van der Waals surface area contributed by atoms with E-state index in [1.54, 1.807) is 6.92 Å². The van der Waals surface area contributed by atoms with Crippen molar-refractivity contribution in [2.45, 2.75) is 52.7 Å². The topological polar surface area (TPSA) is 46.5 Å². The number of rotatable bonds is 6. The molecule has 0 aliphatic carbocycles. The Labute approximate surface area is 80.1 Å². The van der Waals surface area contributed by atoms with E-state index >= 15 is 0 Å². The largest absolute Gasteiger partial charge is 0.481 e. The van der Waals surface area contributed by atoms with Crippen molar-refractivity contribution < 1.29 is 14.6 Å². The summed E-state index contributed by atoms with van der Waals surface area (Å²) in [5, 5.41) is 8.50. The number of hydrogen-bond acceptors (Lipinski definition) is 2. The molecule has 0 aromatic carbocycles. The van der Waals surface area contributed by atoms with Gasteiger partial charge in [0.05, 0.1) is 18.6 Å². The second kappa shape index (κ2) is 5.97. The Morgan fingerprint density at radius 1 is 1.23 bits per heavy atom. The summed E-state index contributed by atoms with van der Waals surface area (Å²) in [6.45, 7) is 8.03. The highest BCUT2D eigenvalue weighted by atomic mass is 16.5.